The lowest BCUT2D eigenvalue weighted by molar-refractivity contribution is -0.139. The highest BCUT2D eigenvalue weighted by Crippen LogP contribution is 2.35. The Morgan fingerprint density at radius 2 is 2.00 bits per heavy atom. The number of anilines is 2. The van der Waals surface area contributed by atoms with Crippen molar-refractivity contribution in [3.05, 3.63) is 65.8 Å². The average Bonchev–Trinajstić information content (AvgIpc) is 3.15. The van der Waals surface area contributed by atoms with E-state index in [0.717, 1.165) is 11.0 Å². The van der Waals surface area contributed by atoms with E-state index >= 15 is 0 Å². The van der Waals surface area contributed by atoms with E-state index in [1.807, 2.05) is 0 Å². The number of aromatic nitrogens is 4. The summed E-state index contributed by atoms with van der Waals surface area (Å²) < 4.78 is 54.0. The van der Waals surface area contributed by atoms with Crippen LogP contribution in [0.3, 0.4) is 0 Å². The summed E-state index contributed by atoms with van der Waals surface area (Å²) in [6.07, 6.45) is 0.404. The van der Waals surface area contributed by atoms with Gasteiger partial charge in [0.15, 0.2) is 5.69 Å². The molecule has 3 aromatic rings. The summed E-state index contributed by atoms with van der Waals surface area (Å²) in [6.45, 7) is 1.78. The number of carbonyl (C=O) groups excluding carboxylic acids is 2. The fourth-order valence-electron chi connectivity index (χ4n) is 3.28. The van der Waals surface area contributed by atoms with Crippen LogP contribution in [0.1, 0.15) is 39.5 Å². The largest absolute Gasteiger partial charge is 0.419 e. The zero-order chi connectivity index (χ0) is 22.3. The van der Waals surface area contributed by atoms with Gasteiger partial charge in [-0.05, 0) is 25.1 Å². The first kappa shape index (κ1) is 20.4. The smallest absolute Gasteiger partial charge is 0.317 e. The number of alkyl halides is 3. The summed E-state index contributed by atoms with van der Waals surface area (Å²) in [5.41, 5.74) is -1.35. The molecule has 12 heteroatoms. The van der Waals surface area contributed by atoms with Crippen LogP contribution in [0.5, 0.6) is 0 Å². The number of benzene rings is 1. The highest BCUT2D eigenvalue weighted by Gasteiger charge is 2.37. The summed E-state index contributed by atoms with van der Waals surface area (Å²) in [4.78, 5) is 34.3. The molecule has 8 nitrogen and oxygen atoms in total. The van der Waals surface area contributed by atoms with Crippen molar-refractivity contribution in [1.29, 1.82) is 0 Å². The molecule has 2 amide bonds. The second kappa shape index (κ2) is 7.45. The Hall–Kier alpha value is -3.83. The molecule has 1 N–H and O–H groups in total. The van der Waals surface area contributed by atoms with E-state index < -0.39 is 29.4 Å². The minimum absolute atomic E-state index is 0.0105. The monoisotopic (exact) mass is 434 g/mol. The van der Waals surface area contributed by atoms with Crippen molar-refractivity contribution in [2.45, 2.75) is 19.1 Å². The lowest BCUT2D eigenvalue weighted by Crippen LogP contribution is -2.43. The molecule has 1 aliphatic rings. The molecule has 1 aliphatic heterocycles. The maximum absolute atomic E-state index is 14.1. The van der Waals surface area contributed by atoms with Gasteiger partial charge < -0.3 is 10.2 Å². The second-order valence-electron chi connectivity index (χ2n) is 6.82. The zero-order valence-electron chi connectivity index (χ0n) is 15.9. The van der Waals surface area contributed by atoms with Gasteiger partial charge in [-0.25, -0.2) is 9.37 Å². The number of hydrogen-bond donors (Lipinski definition) is 1. The molecule has 4 rings (SSSR count). The van der Waals surface area contributed by atoms with Gasteiger partial charge in [-0.15, -0.1) is 0 Å². The third-order valence-corrected chi connectivity index (χ3v) is 4.72. The van der Waals surface area contributed by atoms with Crippen molar-refractivity contribution in [3.8, 4) is 0 Å². The maximum Gasteiger partial charge on any atom is 0.419 e. The molecule has 0 bridgehead atoms. The third kappa shape index (κ3) is 3.71. The molecule has 0 saturated carbocycles. The van der Waals surface area contributed by atoms with Gasteiger partial charge in [0.25, 0.3) is 11.8 Å². The van der Waals surface area contributed by atoms with Gasteiger partial charge >= 0.3 is 6.18 Å². The van der Waals surface area contributed by atoms with E-state index in [0.29, 0.717) is 12.1 Å². The summed E-state index contributed by atoms with van der Waals surface area (Å²) >= 11 is 0. The van der Waals surface area contributed by atoms with E-state index in [1.165, 1.54) is 29.5 Å². The van der Waals surface area contributed by atoms with Gasteiger partial charge in [0.1, 0.15) is 11.5 Å². The van der Waals surface area contributed by atoms with Crippen molar-refractivity contribution in [3.63, 3.8) is 0 Å². The fourth-order valence-corrected chi connectivity index (χ4v) is 3.28. The van der Waals surface area contributed by atoms with Crippen molar-refractivity contribution in [1.82, 2.24) is 19.7 Å². The molecule has 1 atom stereocenters. The van der Waals surface area contributed by atoms with Gasteiger partial charge in [0, 0.05) is 24.6 Å². The first-order valence-electron chi connectivity index (χ1n) is 9.00. The number of fused-ring (bicyclic) bond motifs is 1. The van der Waals surface area contributed by atoms with Gasteiger partial charge in [-0.2, -0.15) is 18.3 Å². The predicted octanol–water partition coefficient (Wildman–Crippen LogP) is 3.30. The summed E-state index contributed by atoms with van der Waals surface area (Å²) in [6, 6.07) is 1.89. The lowest BCUT2D eigenvalue weighted by Gasteiger charge is -2.32. The molecular formula is C19H14F4N6O2. The quantitative estimate of drug-likeness (QED) is 0.639. The van der Waals surface area contributed by atoms with Crippen LogP contribution in [0.2, 0.25) is 0 Å². The number of hydrogen-bond acceptors (Lipinski definition) is 5. The number of nitrogens with one attached hydrogen (secondary N) is 1. The lowest BCUT2D eigenvalue weighted by atomic mass is 10.1. The number of carbonyl (C=O) groups is 2. The zero-order valence-corrected chi connectivity index (χ0v) is 15.9. The highest BCUT2D eigenvalue weighted by molar-refractivity contribution is 6.12. The normalized spacial score (nSPS) is 16.2. The van der Waals surface area contributed by atoms with Crippen LogP contribution in [0.4, 0.5) is 28.9 Å². The van der Waals surface area contributed by atoms with Crippen molar-refractivity contribution >= 4 is 23.2 Å². The van der Waals surface area contributed by atoms with Crippen LogP contribution < -0.4 is 10.2 Å². The molecule has 160 valence electrons. The van der Waals surface area contributed by atoms with Crippen molar-refractivity contribution in [2.24, 2.45) is 0 Å². The van der Waals surface area contributed by atoms with E-state index in [9.17, 15) is 27.2 Å². The molecule has 0 unspecified atom stereocenters. The molecule has 0 fully saturated rings. The molecule has 2 aromatic heterocycles. The summed E-state index contributed by atoms with van der Waals surface area (Å²) in [7, 11) is 0. The van der Waals surface area contributed by atoms with Crippen LogP contribution in [0, 0.1) is 5.82 Å². The highest BCUT2D eigenvalue weighted by atomic mass is 19.4. The molecular weight excluding hydrogens is 420 g/mol. The maximum atomic E-state index is 14.1. The third-order valence-electron chi connectivity index (χ3n) is 4.72. The Bertz CT molecular complexity index is 1160. The SMILES string of the molecule is C[C@H]1CN(c2ccc(C(F)(F)F)c(F)c2)C(=O)c2c(NC(=O)c3cnccn3)cnn21. The number of amides is 2. The van der Waals surface area contributed by atoms with Gasteiger partial charge in [0.05, 0.1) is 29.7 Å². The van der Waals surface area contributed by atoms with E-state index in [2.05, 4.69) is 20.4 Å². The van der Waals surface area contributed by atoms with E-state index in [-0.39, 0.29) is 35.3 Å². The standard InChI is InChI=1S/C19H14F4N6O2/c1-10-9-28(11-2-3-12(13(20)6-11)19(21,22)23)18(31)16-14(8-26-29(10)16)27-17(30)15-7-24-4-5-25-15/h2-8,10H,9H2,1H3,(H,27,30)/t10-/m0/s1. The Labute approximate surface area is 172 Å². The Morgan fingerprint density at radius 3 is 2.65 bits per heavy atom. The molecule has 0 saturated heterocycles. The molecule has 0 spiro atoms. The van der Waals surface area contributed by atoms with Crippen LogP contribution in [0.15, 0.2) is 43.0 Å². The predicted molar refractivity (Wildman–Crippen MR) is 100 cm³/mol. The Morgan fingerprint density at radius 1 is 1.23 bits per heavy atom. The molecule has 3 heterocycles. The van der Waals surface area contributed by atoms with Crippen LogP contribution in [-0.4, -0.2) is 38.1 Å². The Balaban J connectivity index is 1.66. The van der Waals surface area contributed by atoms with E-state index in [1.54, 1.807) is 6.92 Å². The molecule has 0 radical (unpaired) electrons. The summed E-state index contributed by atoms with van der Waals surface area (Å²) in [5, 5.41) is 6.66. The van der Waals surface area contributed by atoms with Gasteiger partial charge in [0.2, 0.25) is 0 Å². The number of nitrogens with zero attached hydrogens (tertiary/aromatic N) is 5. The van der Waals surface area contributed by atoms with E-state index in [4.69, 9.17) is 0 Å². The van der Waals surface area contributed by atoms with Crippen LogP contribution >= 0.6 is 0 Å². The number of rotatable bonds is 3. The molecule has 0 aliphatic carbocycles. The Kier molecular flexibility index (Phi) is 4.91. The minimum atomic E-state index is -4.85. The summed E-state index contributed by atoms with van der Waals surface area (Å²) in [5.74, 6) is -2.76. The first-order valence-corrected chi connectivity index (χ1v) is 9.00. The first-order chi connectivity index (χ1) is 14.7. The number of halogens is 4. The van der Waals surface area contributed by atoms with Gasteiger partial charge in [-0.1, -0.05) is 0 Å². The average molecular weight is 434 g/mol. The molecule has 31 heavy (non-hydrogen) atoms. The second-order valence-corrected chi connectivity index (χ2v) is 6.82. The molecule has 1 aromatic carbocycles. The van der Waals surface area contributed by atoms with Crippen molar-refractivity contribution in [2.75, 3.05) is 16.8 Å². The fraction of sp³-hybridized carbons (Fsp3) is 0.211. The minimum Gasteiger partial charge on any atom is -0.317 e. The van der Waals surface area contributed by atoms with Crippen LogP contribution in [-0.2, 0) is 6.18 Å². The van der Waals surface area contributed by atoms with Crippen molar-refractivity contribution < 1.29 is 27.2 Å². The van der Waals surface area contributed by atoms with Gasteiger partial charge in [-0.3, -0.25) is 19.3 Å². The van der Waals surface area contributed by atoms with Crippen LogP contribution in [0.25, 0.3) is 0 Å². The topological polar surface area (TPSA) is 93.0 Å².